The van der Waals surface area contributed by atoms with E-state index in [1.807, 2.05) is 55.5 Å². The summed E-state index contributed by atoms with van der Waals surface area (Å²) in [4.78, 5) is 16.5. The Morgan fingerprint density at radius 3 is 2.65 bits per heavy atom. The van der Waals surface area contributed by atoms with Crippen LogP contribution in [0.4, 0.5) is 5.69 Å². The van der Waals surface area contributed by atoms with Gasteiger partial charge < -0.3 is 5.32 Å². The van der Waals surface area contributed by atoms with Gasteiger partial charge >= 0.3 is 0 Å². The van der Waals surface area contributed by atoms with Crippen LogP contribution in [0.15, 0.2) is 60.9 Å². The van der Waals surface area contributed by atoms with Gasteiger partial charge in [-0.2, -0.15) is 0 Å². The molecule has 1 heterocycles. The zero-order valence-corrected chi connectivity index (χ0v) is 11.1. The van der Waals surface area contributed by atoms with Crippen molar-refractivity contribution in [3.05, 3.63) is 72.1 Å². The van der Waals surface area contributed by atoms with Crippen molar-refractivity contribution < 1.29 is 4.79 Å². The summed E-state index contributed by atoms with van der Waals surface area (Å²) in [5.41, 5.74) is 2.59. The van der Waals surface area contributed by atoms with E-state index in [2.05, 4.69) is 10.3 Å². The molecule has 3 rings (SSSR count). The summed E-state index contributed by atoms with van der Waals surface area (Å²) in [7, 11) is 0. The number of benzene rings is 2. The number of aryl methyl sites for hydroxylation is 1. The van der Waals surface area contributed by atoms with E-state index in [1.54, 1.807) is 12.4 Å². The molecule has 0 bridgehead atoms. The van der Waals surface area contributed by atoms with Gasteiger partial charge in [-0.25, -0.2) is 0 Å². The minimum absolute atomic E-state index is 0.118. The molecule has 20 heavy (non-hydrogen) atoms. The number of carbonyl (C=O) groups is 1. The first-order valence-electron chi connectivity index (χ1n) is 6.45. The fourth-order valence-corrected chi connectivity index (χ4v) is 2.15. The van der Waals surface area contributed by atoms with Crippen molar-refractivity contribution in [2.24, 2.45) is 0 Å². The lowest BCUT2D eigenvalue weighted by molar-refractivity contribution is 0.102. The molecule has 3 nitrogen and oxygen atoms in total. The summed E-state index contributed by atoms with van der Waals surface area (Å²) >= 11 is 0. The van der Waals surface area contributed by atoms with E-state index in [0.717, 1.165) is 22.0 Å². The minimum Gasteiger partial charge on any atom is -0.322 e. The first-order chi connectivity index (χ1) is 9.74. The number of anilines is 1. The Kier molecular flexibility index (Phi) is 3.17. The fourth-order valence-electron chi connectivity index (χ4n) is 2.15. The summed E-state index contributed by atoms with van der Waals surface area (Å²) < 4.78 is 0. The summed E-state index contributed by atoms with van der Waals surface area (Å²) in [6, 6.07) is 15.3. The van der Waals surface area contributed by atoms with Crippen LogP contribution < -0.4 is 5.32 Å². The zero-order valence-electron chi connectivity index (χ0n) is 11.1. The first kappa shape index (κ1) is 12.4. The van der Waals surface area contributed by atoms with Crippen LogP contribution in [0.2, 0.25) is 0 Å². The molecule has 0 unspecified atom stereocenters. The van der Waals surface area contributed by atoms with Crippen LogP contribution in [-0.2, 0) is 0 Å². The highest BCUT2D eigenvalue weighted by atomic mass is 16.1. The average Bonchev–Trinajstić information content (AvgIpc) is 2.49. The highest BCUT2D eigenvalue weighted by Gasteiger charge is 2.09. The molecule has 0 aliphatic carbocycles. The van der Waals surface area contributed by atoms with Crippen molar-refractivity contribution >= 4 is 22.4 Å². The Balaban J connectivity index is 1.94. The molecule has 0 radical (unpaired) electrons. The van der Waals surface area contributed by atoms with Gasteiger partial charge in [0.25, 0.3) is 5.91 Å². The SMILES string of the molecule is Cc1ccc(NC(=O)c2cccc3ccncc23)cc1. The van der Waals surface area contributed by atoms with Gasteiger partial charge in [0.2, 0.25) is 0 Å². The highest BCUT2D eigenvalue weighted by Crippen LogP contribution is 2.19. The Morgan fingerprint density at radius 1 is 1.05 bits per heavy atom. The van der Waals surface area contributed by atoms with Gasteiger partial charge in [-0.3, -0.25) is 9.78 Å². The van der Waals surface area contributed by atoms with Gasteiger partial charge in [0, 0.05) is 29.0 Å². The molecule has 0 spiro atoms. The second-order valence-electron chi connectivity index (χ2n) is 4.72. The lowest BCUT2D eigenvalue weighted by Crippen LogP contribution is -2.12. The Morgan fingerprint density at radius 2 is 1.85 bits per heavy atom. The van der Waals surface area contributed by atoms with Gasteiger partial charge in [0.15, 0.2) is 0 Å². The first-order valence-corrected chi connectivity index (χ1v) is 6.45. The third-order valence-electron chi connectivity index (χ3n) is 3.24. The molecule has 0 saturated carbocycles. The van der Waals surface area contributed by atoms with Crippen LogP contribution in [0, 0.1) is 6.92 Å². The molecule has 1 aromatic heterocycles. The standard InChI is InChI=1S/C17H14N2O/c1-12-5-7-14(8-6-12)19-17(20)15-4-2-3-13-9-10-18-11-16(13)15/h2-11H,1H3,(H,19,20). The smallest absolute Gasteiger partial charge is 0.256 e. The lowest BCUT2D eigenvalue weighted by atomic mass is 10.1. The maximum Gasteiger partial charge on any atom is 0.256 e. The van der Waals surface area contributed by atoms with Crippen molar-refractivity contribution in [2.75, 3.05) is 5.32 Å². The van der Waals surface area contributed by atoms with Gasteiger partial charge in [0.05, 0.1) is 0 Å². The van der Waals surface area contributed by atoms with Crippen LogP contribution in [0.1, 0.15) is 15.9 Å². The normalized spacial score (nSPS) is 10.4. The van der Waals surface area contributed by atoms with E-state index in [9.17, 15) is 4.79 Å². The number of amides is 1. The molecule has 1 amide bonds. The monoisotopic (exact) mass is 262 g/mol. The van der Waals surface area contributed by atoms with Gasteiger partial charge in [-0.05, 0) is 36.6 Å². The van der Waals surface area contributed by atoms with Gasteiger partial charge in [-0.15, -0.1) is 0 Å². The van der Waals surface area contributed by atoms with Crippen LogP contribution in [-0.4, -0.2) is 10.9 Å². The molecule has 3 aromatic rings. The van der Waals surface area contributed by atoms with Crippen molar-refractivity contribution in [1.82, 2.24) is 4.98 Å². The predicted molar refractivity (Wildman–Crippen MR) is 80.9 cm³/mol. The quantitative estimate of drug-likeness (QED) is 0.763. The largest absolute Gasteiger partial charge is 0.322 e. The molecule has 0 aliphatic heterocycles. The van der Waals surface area contributed by atoms with E-state index in [4.69, 9.17) is 0 Å². The molecule has 0 aliphatic rings. The lowest BCUT2D eigenvalue weighted by Gasteiger charge is -2.08. The Labute approximate surface area is 117 Å². The number of rotatable bonds is 2. The molecule has 1 N–H and O–H groups in total. The summed E-state index contributed by atoms with van der Waals surface area (Å²) in [6.07, 6.45) is 3.45. The van der Waals surface area contributed by atoms with Gasteiger partial charge in [-0.1, -0.05) is 29.8 Å². The van der Waals surface area contributed by atoms with Crippen LogP contribution in [0.3, 0.4) is 0 Å². The van der Waals surface area contributed by atoms with Crippen LogP contribution >= 0.6 is 0 Å². The minimum atomic E-state index is -0.118. The number of fused-ring (bicyclic) bond motifs is 1. The zero-order chi connectivity index (χ0) is 13.9. The van der Waals surface area contributed by atoms with Crippen LogP contribution in [0.5, 0.6) is 0 Å². The van der Waals surface area contributed by atoms with E-state index in [-0.39, 0.29) is 5.91 Å². The summed E-state index contributed by atoms with van der Waals surface area (Å²) in [6.45, 7) is 2.02. The Hall–Kier alpha value is -2.68. The van der Waals surface area contributed by atoms with Crippen molar-refractivity contribution in [3.63, 3.8) is 0 Å². The molecule has 0 atom stereocenters. The van der Waals surface area contributed by atoms with Crippen molar-refractivity contribution in [1.29, 1.82) is 0 Å². The highest BCUT2D eigenvalue weighted by molar-refractivity contribution is 6.12. The summed E-state index contributed by atoms with van der Waals surface area (Å²) in [5, 5.41) is 4.78. The van der Waals surface area contributed by atoms with E-state index in [1.165, 1.54) is 0 Å². The second-order valence-corrected chi connectivity index (χ2v) is 4.72. The average molecular weight is 262 g/mol. The molecule has 98 valence electrons. The van der Waals surface area contributed by atoms with E-state index in [0.29, 0.717) is 5.56 Å². The molecular formula is C17H14N2O. The number of nitrogens with zero attached hydrogens (tertiary/aromatic N) is 1. The van der Waals surface area contributed by atoms with E-state index < -0.39 is 0 Å². The fraction of sp³-hybridized carbons (Fsp3) is 0.0588. The number of pyridine rings is 1. The third-order valence-corrected chi connectivity index (χ3v) is 3.24. The number of carbonyl (C=O) groups excluding carboxylic acids is 1. The summed E-state index contributed by atoms with van der Waals surface area (Å²) in [5.74, 6) is -0.118. The van der Waals surface area contributed by atoms with Crippen molar-refractivity contribution in [3.8, 4) is 0 Å². The number of hydrogen-bond donors (Lipinski definition) is 1. The van der Waals surface area contributed by atoms with Crippen molar-refractivity contribution in [2.45, 2.75) is 6.92 Å². The van der Waals surface area contributed by atoms with Crippen LogP contribution in [0.25, 0.3) is 10.8 Å². The maximum absolute atomic E-state index is 12.4. The number of nitrogens with one attached hydrogen (secondary N) is 1. The topological polar surface area (TPSA) is 42.0 Å². The molecule has 0 saturated heterocycles. The van der Waals surface area contributed by atoms with E-state index >= 15 is 0 Å². The predicted octanol–water partition coefficient (Wildman–Crippen LogP) is 3.80. The third kappa shape index (κ3) is 2.38. The second kappa shape index (κ2) is 5.13. The number of aromatic nitrogens is 1. The molecule has 0 fully saturated rings. The maximum atomic E-state index is 12.4. The molecular weight excluding hydrogens is 248 g/mol. The molecule has 3 heteroatoms. The number of hydrogen-bond acceptors (Lipinski definition) is 2. The Bertz CT molecular complexity index is 758. The van der Waals surface area contributed by atoms with Gasteiger partial charge in [0.1, 0.15) is 0 Å². The molecule has 2 aromatic carbocycles.